The summed E-state index contributed by atoms with van der Waals surface area (Å²) in [7, 11) is 0. The fourth-order valence-electron chi connectivity index (χ4n) is 1.49. The van der Waals surface area contributed by atoms with Crippen LogP contribution in [-0.2, 0) is 9.53 Å². The van der Waals surface area contributed by atoms with E-state index in [2.05, 4.69) is 11.4 Å². The predicted molar refractivity (Wildman–Crippen MR) is 56.0 cm³/mol. The van der Waals surface area contributed by atoms with Gasteiger partial charge in [0.05, 0.1) is 11.5 Å². The first kappa shape index (κ1) is 12.0. The van der Waals surface area contributed by atoms with Crippen molar-refractivity contribution >= 4 is 5.91 Å². The van der Waals surface area contributed by atoms with Gasteiger partial charge in [0.1, 0.15) is 5.60 Å². The summed E-state index contributed by atoms with van der Waals surface area (Å²) >= 11 is 0. The van der Waals surface area contributed by atoms with Crippen molar-refractivity contribution < 1.29 is 9.53 Å². The topological polar surface area (TPSA) is 62.1 Å². The zero-order valence-corrected chi connectivity index (χ0v) is 9.59. The SMILES string of the molecule is CC(C)(C#N)CNC(=O)C1(C)CCCO1. The van der Waals surface area contributed by atoms with Gasteiger partial charge in [-0.2, -0.15) is 5.26 Å². The molecule has 1 rings (SSSR count). The van der Waals surface area contributed by atoms with Crippen LogP contribution in [0.1, 0.15) is 33.6 Å². The summed E-state index contributed by atoms with van der Waals surface area (Å²) in [6, 6.07) is 2.14. The molecular weight excluding hydrogens is 192 g/mol. The molecule has 1 N–H and O–H groups in total. The number of carbonyl (C=O) groups excluding carboxylic acids is 1. The summed E-state index contributed by atoms with van der Waals surface area (Å²) in [5.41, 5.74) is -1.21. The molecule has 1 unspecified atom stereocenters. The Balaban J connectivity index is 2.47. The van der Waals surface area contributed by atoms with Crippen molar-refractivity contribution in [2.75, 3.05) is 13.2 Å². The molecule has 0 saturated carbocycles. The van der Waals surface area contributed by atoms with Crippen LogP contribution in [-0.4, -0.2) is 24.7 Å². The number of amides is 1. The van der Waals surface area contributed by atoms with Crippen molar-refractivity contribution in [3.05, 3.63) is 0 Å². The van der Waals surface area contributed by atoms with Crippen LogP contribution < -0.4 is 5.32 Å². The average molecular weight is 210 g/mol. The Morgan fingerprint density at radius 2 is 2.33 bits per heavy atom. The molecule has 4 nitrogen and oxygen atoms in total. The lowest BCUT2D eigenvalue weighted by Gasteiger charge is -2.24. The van der Waals surface area contributed by atoms with Crippen molar-refractivity contribution in [2.24, 2.45) is 5.41 Å². The second-order valence-corrected chi connectivity index (χ2v) is 4.86. The van der Waals surface area contributed by atoms with Crippen molar-refractivity contribution in [3.8, 4) is 6.07 Å². The number of carbonyl (C=O) groups is 1. The largest absolute Gasteiger partial charge is 0.365 e. The van der Waals surface area contributed by atoms with E-state index in [1.54, 1.807) is 20.8 Å². The molecule has 1 saturated heterocycles. The highest BCUT2D eigenvalue weighted by atomic mass is 16.5. The Morgan fingerprint density at radius 1 is 1.67 bits per heavy atom. The summed E-state index contributed by atoms with van der Waals surface area (Å²) in [5, 5.41) is 11.6. The summed E-state index contributed by atoms with van der Waals surface area (Å²) in [5.74, 6) is -0.108. The van der Waals surface area contributed by atoms with E-state index in [-0.39, 0.29) is 5.91 Å². The summed E-state index contributed by atoms with van der Waals surface area (Å²) < 4.78 is 5.41. The molecule has 1 heterocycles. The second-order valence-electron chi connectivity index (χ2n) is 4.86. The van der Waals surface area contributed by atoms with Gasteiger partial charge in [0, 0.05) is 13.2 Å². The highest BCUT2D eigenvalue weighted by molar-refractivity contribution is 5.85. The number of hydrogen-bond acceptors (Lipinski definition) is 3. The molecule has 0 aromatic rings. The number of hydrogen-bond donors (Lipinski definition) is 1. The fourth-order valence-corrected chi connectivity index (χ4v) is 1.49. The lowest BCUT2D eigenvalue weighted by molar-refractivity contribution is -0.139. The van der Waals surface area contributed by atoms with Crippen molar-refractivity contribution in [3.63, 3.8) is 0 Å². The van der Waals surface area contributed by atoms with E-state index in [1.807, 2.05) is 0 Å². The van der Waals surface area contributed by atoms with E-state index in [0.717, 1.165) is 12.8 Å². The minimum Gasteiger partial charge on any atom is -0.365 e. The van der Waals surface area contributed by atoms with Gasteiger partial charge in [0.15, 0.2) is 0 Å². The van der Waals surface area contributed by atoms with Gasteiger partial charge in [0.25, 0.3) is 5.91 Å². The molecule has 1 aliphatic rings. The number of rotatable bonds is 3. The first-order valence-electron chi connectivity index (χ1n) is 5.23. The van der Waals surface area contributed by atoms with Crippen LogP contribution in [0.5, 0.6) is 0 Å². The molecule has 1 fully saturated rings. The smallest absolute Gasteiger partial charge is 0.252 e. The third kappa shape index (κ3) is 2.93. The van der Waals surface area contributed by atoms with Gasteiger partial charge in [-0.3, -0.25) is 4.79 Å². The first-order chi connectivity index (χ1) is 6.90. The minimum atomic E-state index is -0.689. The lowest BCUT2D eigenvalue weighted by Crippen LogP contribution is -2.46. The summed E-state index contributed by atoms with van der Waals surface area (Å²) in [6.45, 7) is 6.40. The molecule has 0 aliphatic carbocycles. The van der Waals surface area contributed by atoms with E-state index in [1.165, 1.54) is 0 Å². The van der Waals surface area contributed by atoms with Crippen LogP contribution in [0, 0.1) is 16.7 Å². The van der Waals surface area contributed by atoms with Gasteiger partial charge in [-0.05, 0) is 33.6 Å². The molecule has 15 heavy (non-hydrogen) atoms. The quantitative estimate of drug-likeness (QED) is 0.761. The summed E-state index contributed by atoms with van der Waals surface area (Å²) in [6.07, 6.45) is 1.68. The maximum absolute atomic E-state index is 11.8. The van der Waals surface area contributed by atoms with E-state index >= 15 is 0 Å². The molecule has 0 aromatic carbocycles. The van der Waals surface area contributed by atoms with Crippen LogP contribution in [0.4, 0.5) is 0 Å². The molecule has 0 aromatic heterocycles. The number of nitrogens with one attached hydrogen (secondary N) is 1. The minimum absolute atomic E-state index is 0.108. The van der Waals surface area contributed by atoms with Crippen LogP contribution in [0.15, 0.2) is 0 Å². The van der Waals surface area contributed by atoms with Gasteiger partial charge in [-0.15, -0.1) is 0 Å². The highest BCUT2D eigenvalue weighted by Gasteiger charge is 2.38. The molecule has 1 amide bonds. The molecule has 0 bridgehead atoms. The molecule has 1 aliphatic heterocycles. The molecule has 0 spiro atoms. The standard InChI is InChI=1S/C11H18N2O2/c1-10(2,7-12)8-13-9(14)11(3)5-4-6-15-11/h4-6,8H2,1-3H3,(H,13,14). The first-order valence-corrected chi connectivity index (χ1v) is 5.23. The maximum Gasteiger partial charge on any atom is 0.252 e. The zero-order chi connectivity index (χ0) is 11.5. The zero-order valence-electron chi connectivity index (χ0n) is 9.59. The molecule has 84 valence electrons. The normalized spacial score (nSPS) is 26.0. The van der Waals surface area contributed by atoms with Gasteiger partial charge < -0.3 is 10.1 Å². The predicted octanol–water partition coefficient (Wildman–Crippen LogP) is 1.22. The lowest BCUT2D eigenvalue weighted by atomic mass is 9.95. The van der Waals surface area contributed by atoms with E-state index in [9.17, 15) is 4.79 Å². The van der Waals surface area contributed by atoms with Crippen LogP contribution in [0.3, 0.4) is 0 Å². The van der Waals surface area contributed by atoms with Gasteiger partial charge in [-0.1, -0.05) is 0 Å². The van der Waals surface area contributed by atoms with Crippen LogP contribution in [0.2, 0.25) is 0 Å². The number of nitrogens with zero attached hydrogens (tertiary/aromatic N) is 1. The average Bonchev–Trinajstić information content (AvgIpc) is 2.63. The second kappa shape index (κ2) is 4.19. The molecule has 4 heteroatoms. The highest BCUT2D eigenvalue weighted by Crippen LogP contribution is 2.25. The third-order valence-electron chi connectivity index (χ3n) is 2.69. The monoisotopic (exact) mass is 210 g/mol. The van der Waals surface area contributed by atoms with Crippen molar-refractivity contribution in [1.29, 1.82) is 5.26 Å². The van der Waals surface area contributed by atoms with E-state index in [4.69, 9.17) is 10.00 Å². The Kier molecular flexibility index (Phi) is 3.35. The summed E-state index contributed by atoms with van der Waals surface area (Å²) in [4.78, 5) is 11.8. The molecule has 0 radical (unpaired) electrons. The molecule has 1 atom stereocenters. The van der Waals surface area contributed by atoms with Gasteiger partial charge >= 0.3 is 0 Å². The Labute approximate surface area is 90.6 Å². The third-order valence-corrected chi connectivity index (χ3v) is 2.69. The Hall–Kier alpha value is -1.08. The van der Waals surface area contributed by atoms with Crippen molar-refractivity contribution in [1.82, 2.24) is 5.32 Å². The van der Waals surface area contributed by atoms with E-state index in [0.29, 0.717) is 13.2 Å². The van der Waals surface area contributed by atoms with Gasteiger partial charge in [-0.25, -0.2) is 0 Å². The van der Waals surface area contributed by atoms with Crippen LogP contribution in [0.25, 0.3) is 0 Å². The van der Waals surface area contributed by atoms with Crippen LogP contribution >= 0.6 is 0 Å². The molecular formula is C11H18N2O2. The number of ether oxygens (including phenoxy) is 1. The Bertz CT molecular complexity index is 285. The van der Waals surface area contributed by atoms with Gasteiger partial charge in [0.2, 0.25) is 0 Å². The fraction of sp³-hybridized carbons (Fsp3) is 0.818. The van der Waals surface area contributed by atoms with E-state index < -0.39 is 11.0 Å². The van der Waals surface area contributed by atoms with Crippen molar-refractivity contribution in [2.45, 2.75) is 39.2 Å². The number of nitriles is 1. The Morgan fingerprint density at radius 3 is 2.80 bits per heavy atom. The maximum atomic E-state index is 11.8.